The number of rotatable bonds is 4. The van der Waals surface area contributed by atoms with Crippen molar-refractivity contribution in [3.05, 3.63) is 22.4 Å². The van der Waals surface area contributed by atoms with E-state index >= 15 is 0 Å². The van der Waals surface area contributed by atoms with Crippen molar-refractivity contribution < 1.29 is 0 Å². The molecule has 1 aliphatic heterocycles. The summed E-state index contributed by atoms with van der Waals surface area (Å²) in [6.07, 6.45) is 4.14. The first-order chi connectivity index (χ1) is 7.40. The fourth-order valence-electron chi connectivity index (χ4n) is 2.34. The van der Waals surface area contributed by atoms with Crippen molar-refractivity contribution in [2.24, 2.45) is 0 Å². The van der Waals surface area contributed by atoms with Crippen molar-refractivity contribution in [1.29, 1.82) is 0 Å². The molecule has 3 heteroatoms. The molecule has 0 radical (unpaired) electrons. The highest BCUT2D eigenvalue weighted by Gasteiger charge is 2.28. The van der Waals surface area contributed by atoms with Crippen LogP contribution in [-0.4, -0.2) is 30.1 Å². The van der Waals surface area contributed by atoms with Gasteiger partial charge in [-0.2, -0.15) is 11.3 Å². The Morgan fingerprint density at radius 2 is 2.27 bits per heavy atom. The molecule has 2 aliphatic rings. The Balaban J connectivity index is 1.48. The molecule has 1 saturated carbocycles. The third kappa shape index (κ3) is 2.60. The summed E-state index contributed by atoms with van der Waals surface area (Å²) in [5.41, 5.74) is 1.48. The Labute approximate surface area is 95.3 Å². The van der Waals surface area contributed by atoms with Crippen molar-refractivity contribution in [2.75, 3.05) is 13.1 Å². The smallest absolute Gasteiger partial charge is 0.0242 e. The zero-order chi connectivity index (χ0) is 10.1. The molecule has 3 rings (SSSR count). The highest BCUT2D eigenvalue weighted by molar-refractivity contribution is 7.07. The summed E-state index contributed by atoms with van der Waals surface area (Å²) in [5.74, 6) is 0. The van der Waals surface area contributed by atoms with E-state index in [-0.39, 0.29) is 0 Å². The summed E-state index contributed by atoms with van der Waals surface area (Å²) >= 11 is 1.80. The van der Waals surface area contributed by atoms with Gasteiger partial charge in [0.05, 0.1) is 0 Å². The second-order valence-corrected chi connectivity index (χ2v) is 5.57. The van der Waals surface area contributed by atoms with Gasteiger partial charge in [0, 0.05) is 31.7 Å². The van der Waals surface area contributed by atoms with Crippen molar-refractivity contribution in [2.45, 2.75) is 37.9 Å². The Bertz CT molecular complexity index is 305. The Hall–Kier alpha value is -0.380. The van der Waals surface area contributed by atoms with Gasteiger partial charge >= 0.3 is 0 Å². The van der Waals surface area contributed by atoms with Crippen LogP contribution in [0.1, 0.15) is 24.8 Å². The predicted molar refractivity (Wildman–Crippen MR) is 64.2 cm³/mol. The third-order valence-electron chi connectivity index (χ3n) is 3.31. The van der Waals surface area contributed by atoms with Crippen LogP contribution >= 0.6 is 11.3 Å². The molecule has 2 fully saturated rings. The van der Waals surface area contributed by atoms with Crippen LogP contribution in [0.15, 0.2) is 16.8 Å². The molecule has 82 valence electrons. The van der Waals surface area contributed by atoms with E-state index in [4.69, 9.17) is 0 Å². The number of likely N-dealkylation sites (tertiary alicyclic amines) is 1. The van der Waals surface area contributed by atoms with Gasteiger partial charge in [-0.25, -0.2) is 0 Å². The van der Waals surface area contributed by atoms with Gasteiger partial charge < -0.3 is 5.32 Å². The Kier molecular flexibility index (Phi) is 2.77. The lowest BCUT2D eigenvalue weighted by atomic mass is 10.2. The number of hydrogen-bond acceptors (Lipinski definition) is 3. The van der Waals surface area contributed by atoms with Gasteiger partial charge in [0.2, 0.25) is 0 Å². The highest BCUT2D eigenvalue weighted by atomic mass is 32.1. The van der Waals surface area contributed by atoms with Crippen LogP contribution in [0.25, 0.3) is 0 Å². The van der Waals surface area contributed by atoms with Crippen LogP contribution in [0.2, 0.25) is 0 Å². The maximum Gasteiger partial charge on any atom is 0.0242 e. The molecule has 0 spiro atoms. The summed E-state index contributed by atoms with van der Waals surface area (Å²) in [6.45, 7) is 3.65. The van der Waals surface area contributed by atoms with Gasteiger partial charge in [0.15, 0.2) is 0 Å². The quantitative estimate of drug-likeness (QED) is 0.839. The zero-order valence-corrected chi connectivity index (χ0v) is 9.80. The molecule has 2 heterocycles. The average Bonchev–Trinajstić information content (AvgIpc) is 2.74. The number of nitrogens with one attached hydrogen (secondary N) is 1. The number of thiophene rings is 1. The third-order valence-corrected chi connectivity index (χ3v) is 4.04. The van der Waals surface area contributed by atoms with E-state index in [0.717, 1.165) is 18.6 Å². The van der Waals surface area contributed by atoms with Crippen LogP contribution in [0, 0.1) is 0 Å². The van der Waals surface area contributed by atoms with Crippen molar-refractivity contribution in [3.8, 4) is 0 Å². The molecule has 1 aliphatic carbocycles. The molecule has 1 unspecified atom stereocenters. The lowest BCUT2D eigenvalue weighted by Crippen LogP contribution is -2.33. The monoisotopic (exact) mass is 222 g/mol. The van der Waals surface area contributed by atoms with E-state index in [9.17, 15) is 0 Å². The normalized spacial score (nSPS) is 27.3. The zero-order valence-electron chi connectivity index (χ0n) is 8.98. The highest BCUT2D eigenvalue weighted by Crippen LogP contribution is 2.22. The topological polar surface area (TPSA) is 15.3 Å². The van der Waals surface area contributed by atoms with E-state index in [1.165, 1.54) is 37.9 Å². The summed E-state index contributed by atoms with van der Waals surface area (Å²) < 4.78 is 0. The molecule has 1 saturated heterocycles. The van der Waals surface area contributed by atoms with E-state index < -0.39 is 0 Å². The summed E-state index contributed by atoms with van der Waals surface area (Å²) in [7, 11) is 0. The second kappa shape index (κ2) is 4.24. The molecule has 1 aromatic rings. The largest absolute Gasteiger partial charge is 0.310 e. The Morgan fingerprint density at radius 3 is 3.00 bits per heavy atom. The number of nitrogens with zero attached hydrogens (tertiary/aromatic N) is 1. The van der Waals surface area contributed by atoms with Crippen molar-refractivity contribution >= 4 is 11.3 Å². The first kappa shape index (κ1) is 9.82. The first-order valence-corrected chi connectivity index (χ1v) is 6.84. The fraction of sp³-hybridized carbons (Fsp3) is 0.667. The van der Waals surface area contributed by atoms with Crippen LogP contribution in [0.4, 0.5) is 0 Å². The first-order valence-electron chi connectivity index (χ1n) is 5.89. The van der Waals surface area contributed by atoms with Crippen molar-refractivity contribution in [1.82, 2.24) is 10.2 Å². The Morgan fingerprint density at radius 1 is 1.33 bits per heavy atom. The van der Waals surface area contributed by atoms with Crippen molar-refractivity contribution in [3.63, 3.8) is 0 Å². The molecule has 1 N–H and O–H groups in total. The molecule has 0 bridgehead atoms. The SMILES string of the molecule is c1cc(CN2CCC(NC3CC3)C2)cs1. The molecular weight excluding hydrogens is 204 g/mol. The molecular formula is C12H18N2S. The van der Waals surface area contributed by atoms with Gasteiger partial charge in [-0.1, -0.05) is 0 Å². The van der Waals surface area contributed by atoms with Gasteiger partial charge in [-0.15, -0.1) is 0 Å². The average molecular weight is 222 g/mol. The van der Waals surface area contributed by atoms with E-state index in [2.05, 4.69) is 27.0 Å². The minimum atomic E-state index is 0.760. The van der Waals surface area contributed by atoms with Gasteiger partial charge in [0.1, 0.15) is 0 Å². The van der Waals surface area contributed by atoms with Crippen LogP contribution in [0.3, 0.4) is 0 Å². The molecule has 15 heavy (non-hydrogen) atoms. The van der Waals surface area contributed by atoms with Gasteiger partial charge in [-0.3, -0.25) is 4.90 Å². The van der Waals surface area contributed by atoms with Crippen LogP contribution in [-0.2, 0) is 6.54 Å². The number of hydrogen-bond donors (Lipinski definition) is 1. The summed E-state index contributed by atoms with van der Waals surface area (Å²) in [5, 5.41) is 8.16. The van der Waals surface area contributed by atoms with Gasteiger partial charge in [0.25, 0.3) is 0 Å². The molecule has 0 amide bonds. The summed E-state index contributed by atoms with van der Waals surface area (Å²) in [6, 6.07) is 3.86. The van der Waals surface area contributed by atoms with E-state index in [1.807, 2.05) is 0 Å². The molecule has 1 aromatic heterocycles. The minimum absolute atomic E-state index is 0.760. The molecule has 1 atom stereocenters. The standard InChI is InChI=1S/C12H18N2S/c1-2-11(1)13-12-3-5-14(8-12)7-10-4-6-15-9-10/h4,6,9,11-13H,1-3,5,7-8H2. The predicted octanol–water partition coefficient (Wildman–Crippen LogP) is 2.07. The van der Waals surface area contributed by atoms with Crippen LogP contribution in [0.5, 0.6) is 0 Å². The van der Waals surface area contributed by atoms with Crippen LogP contribution < -0.4 is 5.32 Å². The van der Waals surface area contributed by atoms with Gasteiger partial charge in [-0.05, 0) is 41.7 Å². The minimum Gasteiger partial charge on any atom is -0.310 e. The summed E-state index contributed by atoms with van der Waals surface area (Å²) in [4.78, 5) is 2.57. The molecule has 2 nitrogen and oxygen atoms in total. The fourth-order valence-corrected chi connectivity index (χ4v) is 3.00. The molecule has 0 aromatic carbocycles. The maximum atomic E-state index is 3.72. The lowest BCUT2D eigenvalue weighted by molar-refractivity contribution is 0.320. The maximum absolute atomic E-state index is 3.72. The second-order valence-electron chi connectivity index (χ2n) is 4.79. The van der Waals surface area contributed by atoms with E-state index in [0.29, 0.717) is 0 Å². The van der Waals surface area contributed by atoms with E-state index in [1.54, 1.807) is 11.3 Å². The lowest BCUT2D eigenvalue weighted by Gasteiger charge is -2.15.